The molecular formula is C17H18N4O2. The van der Waals surface area contributed by atoms with Crippen molar-refractivity contribution in [1.29, 1.82) is 0 Å². The standard InChI is InChI=1S/C17H18N4O2/c1-3-11(2)23-16-7-4-12(9-18-16)17-14-8-13(19-10-22)5-6-15(14)20-21-17/h4-11H,3H2,1-2H3,(H,19,22)(H,20,21). The van der Waals surface area contributed by atoms with Crippen molar-refractivity contribution in [3.05, 3.63) is 36.5 Å². The molecule has 1 aromatic carbocycles. The third kappa shape index (κ3) is 3.15. The van der Waals surface area contributed by atoms with E-state index in [1.807, 2.05) is 37.3 Å². The van der Waals surface area contributed by atoms with E-state index in [4.69, 9.17) is 4.74 Å². The fraction of sp³-hybridized carbons (Fsp3) is 0.235. The van der Waals surface area contributed by atoms with Crippen LogP contribution in [0.3, 0.4) is 0 Å². The molecule has 0 saturated heterocycles. The maximum Gasteiger partial charge on any atom is 0.213 e. The molecule has 3 aromatic rings. The van der Waals surface area contributed by atoms with E-state index < -0.39 is 0 Å². The van der Waals surface area contributed by atoms with Crippen LogP contribution in [0, 0.1) is 0 Å². The van der Waals surface area contributed by atoms with E-state index in [9.17, 15) is 4.79 Å². The van der Waals surface area contributed by atoms with Crippen molar-refractivity contribution in [2.24, 2.45) is 0 Å². The molecule has 0 aliphatic rings. The number of aromatic amines is 1. The van der Waals surface area contributed by atoms with Crippen LogP contribution in [0.5, 0.6) is 5.88 Å². The number of anilines is 1. The first-order valence-electron chi connectivity index (χ1n) is 7.52. The Balaban J connectivity index is 1.93. The molecule has 2 heterocycles. The summed E-state index contributed by atoms with van der Waals surface area (Å²) >= 11 is 0. The third-order valence-electron chi connectivity index (χ3n) is 3.70. The minimum atomic E-state index is 0.136. The summed E-state index contributed by atoms with van der Waals surface area (Å²) < 4.78 is 5.69. The molecule has 0 saturated carbocycles. The van der Waals surface area contributed by atoms with Crippen molar-refractivity contribution >= 4 is 23.0 Å². The highest BCUT2D eigenvalue weighted by Crippen LogP contribution is 2.28. The molecule has 23 heavy (non-hydrogen) atoms. The molecule has 2 N–H and O–H groups in total. The fourth-order valence-corrected chi connectivity index (χ4v) is 2.27. The van der Waals surface area contributed by atoms with Crippen LogP contribution in [0.1, 0.15) is 20.3 Å². The molecule has 1 amide bonds. The van der Waals surface area contributed by atoms with Gasteiger partial charge in [-0.3, -0.25) is 9.89 Å². The average Bonchev–Trinajstić information content (AvgIpc) is 2.99. The molecule has 3 rings (SSSR count). The Hall–Kier alpha value is -2.89. The summed E-state index contributed by atoms with van der Waals surface area (Å²) in [5.41, 5.74) is 3.30. The summed E-state index contributed by atoms with van der Waals surface area (Å²) in [6.45, 7) is 4.08. The Morgan fingerprint density at radius 1 is 1.35 bits per heavy atom. The number of hydrogen-bond acceptors (Lipinski definition) is 4. The van der Waals surface area contributed by atoms with E-state index >= 15 is 0 Å². The zero-order valence-electron chi connectivity index (χ0n) is 13.0. The summed E-state index contributed by atoms with van der Waals surface area (Å²) in [5, 5.41) is 10.9. The molecule has 0 spiro atoms. The van der Waals surface area contributed by atoms with Crippen LogP contribution in [-0.4, -0.2) is 27.7 Å². The van der Waals surface area contributed by atoms with Gasteiger partial charge in [0, 0.05) is 28.9 Å². The number of benzene rings is 1. The highest BCUT2D eigenvalue weighted by atomic mass is 16.5. The van der Waals surface area contributed by atoms with Crippen LogP contribution in [0.2, 0.25) is 0 Å². The average molecular weight is 310 g/mol. The molecular weight excluding hydrogens is 292 g/mol. The first-order chi connectivity index (χ1) is 11.2. The van der Waals surface area contributed by atoms with Gasteiger partial charge in [0.15, 0.2) is 0 Å². The number of fused-ring (bicyclic) bond motifs is 1. The van der Waals surface area contributed by atoms with Crippen molar-refractivity contribution in [3.8, 4) is 17.1 Å². The van der Waals surface area contributed by atoms with Gasteiger partial charge in [-0.05, 0) is 37.6 Å². The lowest BCUT2D eigenvalue weighted by Crippen LogP contribution is -2.10. The van der Waals surface area contributed by atoms with E-state index in [0.29, 0.717) is 12.3 Å². The number of ether oxygens (including phenoxy) is 1. The monoisotopic (exact) mass is 310 g/mol. The summed E-state index contributed by atoms with van der Waals surface area (Å²) in [5.74, 6) is 0.603. The van der Waals surface area contributed by atoms with E-state index in [1.165, 1.54) is 0 Å². The number of carbonyl (C=O) groups excluding carboxylic acids is 1. The number of amides is 1. The molecule has 1 atom stereocenters. The van der Waals surface area contributed by atoms with Gasteiger partial charge in [0.05, 0.1) is 11.6 Å². The number of rotatable bonds is 6. The summed E-state index contributed by atoms with van der Waals surface area (Å²) in [4.78, 5) is 14.9. The first kappa shape index (κ1) is 15.0. The fourth-order valence-electron chi connectivity index (χ4n) is 2.27. The van der Waals surface area contributed by atoms with E-state index in [0.717, 1.165) is 34.3 Å². The van der Waals surface area contributed by atoms with Crippen molar-refractivity contribution < 1.29 is 9.53 Å². The molecule has 0 bridgehead atoms. The van der Waals surface area contributed by atoms with Crippen molar-refractivity contribution in [1.82, 2.24) is 15.2 Å². The van der Waals surface area contributed by atoms with Gasteiger partial charge < -0.3 is 10.1 Å². The minimum absolute atomic E-state index is 0.136. The molecule has 0 radical (unpaired) electrons. The van der Waals surface area contributed by atoms with E-state index in [1.54, 1.807) is 6.20 Å². The van der Waals surface area contributed by atoms with Gasteiger partial charge in [-0.25, -0.2) is 4.98 Å². The Labute approximate surface area is 133 Å². The first-order valence-corrected chi connectivity index (χ1v) is 7.52. The Morgan fingerprint density at radius 3 is 2.91 bits per heavy atom. The van der Waals surface area contributed by atoms with Gasteiger partial charge in [-0.15, -0.1) is 0 Å². The molecule has 0 aliphatic heterocycles. The Bertz CT molecular complexity index is 811. The number of aromatic nitrogens is 3. The highest BCUT2D eigenvalue weighted by Gasteiger charge is 2.10. The minimum Gasteiger partial charge on any atom is -0.475 e. The largest absolute Gasteiger partial charge is 0.475 e. The van der Waals surface area contributed by atoms with Crippen LogP contribution < -0.4 is 10.1 Å². The number of nitrogens with one attached hydrogen (secondary N) is 2. The number of carbonyl (C=O) groups is 1. The Morgan fingerprint density at radius 2 is 2.22 bits per heavy atom. The predicted octanol–water partition coefficient (Wildman–Crippen LogP) is 3.37. The molecule has 118 valence electrons. The second-order valence-electron chi connectivity index (χ2n) is 5.32. The maximum absolute atomic E-state index is 10.6. The van der Waals surface area contributed by atoms with Crippen LogP contribution in [0.4, 0.5) is 5.69 Å². The number of hydrogen-bond donors (Lipinski definition) is 2. The third-order valence-corrected chi connectivity index (χ3v) is 3.70. The SMILES string of the molecule is CCC(C)Oc1ccc(-c2n[nH]c3ccc(NC=O)cc23)cn1. The lowest BCUT2D eigenvalue weighted by Gasteiger charge is -2.11. The zero-order chi connectivity index (χ0) is 16.2. The molecule has 0 fully saturated rings. The lowest BCUT2D eigenvalue weighted by atomic mass is 10.1. The van der Waals surface area contributed by atoms with E-state index in [2.05, 4.69) is 27.4 Å². The number of H-pyrrole nitrogens is 1. The molecule has 6 nitrogen and oxygen atoms in total. The summed E-state index contributed by atoms with van der Waals surface area (Å²) in [7, 11) is 0. The van der Waals surface area contributed by atoms with Gasteiger partial charge in [-0.2, -0.15) is 5.10 Å². The lowest BCUT2D eigenvalue weighted by molar-refractivity contribution is -0.105. The second-order valence-corrected chi connectivity index (χ2v) is 5.32. The van der Waals surface area contributed by atoms with Gasteiger partial charge in [-0.1, -0.05) is 6.92 Å². The molecule has 0 aliphatic carbocycles. The van der Waals surface area contributed by atoms with Crippen molar-refractivity contribution in [2.45, 2.75) is 26.4 Å². The predicted molar refractivity (Wildman–Crippen MR) is 89.4 cm³/mol. The quantitative estimate of drug-likeness (QED) is 0.684. The van der Waals surface area contributed by atoms with Crippen LogP contribution in [-0.2, 0) is 4.79 Å². The number of pyridine rings is 1. The van der Waals surface area contributed by atoms with Crippen LogP contribution in [0.15, 0.2) is 36.5 Å². The molecule has 1 unspecified atom stereocenters. The van der Waals surface area contributed by atoms with Crippen LogP contribution >= 0.6 is 0 Å². The highest BCUT2D eigenvalue weighted by molar-refractivity contribution is 5.95. The Kier molecular flexibility index (Phi) is 4.23. The smallest absolute Gasteiger partial charge is 0.213 e. The van der Waals surface area contributed by atoms with Gasteiger partial charge in [0.25, 0.3) is 0 Å². The topological polar surface area (TPSA) is 79.9 Å². The van der Waals surface area contributed by atoms with Crippen molar-refractivity contribution in [3.63, 3.8) is 0 Å². The summed E-state index contributed by atoms with van der Waals surface area (Å²) in [6, 6.07) is 9.35. The van der Waals surface area contributed by atoms with Gasteiger partial charge >= 0.3 is 0 Å². The number of nitrogens with zero attached hydrogens (tertiary/aromatic N) is 2. The van der Waals surface area contributed by atoms with Gasteiger partial charge in [0.1, 0.15) is 5.69 Å². The van der Waals surface area contributed by atoms with Crippen LogP contribution in [0.25, 0.3) is 22.2 Å². The zero-order valence-corrected chi connectivity index (χ0v) is 13.0. The molecule has 6 heteroatoms. The van der Waals surface area contributed by atoms with E-state index in [-0.39, 0.29) is 6.10 Å². The maximum atomic E-state index is 10.6. The normalized spacial score (nSPS) is 12.1. The second kappa shape index (κ2) is 6.48. The van der Waals surface area contributed by atoms with Gasteiger partial charge in [0.2, 0.25) is 12.3 Å². The molecule has 2 aromatic heterocycles. The summed E-state index contributed by atoms with van der Waals surface area (Å²) in [6.07, 6.45) is 3.47. The van der Waals surface area contributed by atoms with Crippen molar-refractivity contribution in [2.75, 3.05) is 5.32 Å².